The van der Waals surface area contributed by atoms with Gasteiger partial charge in [-0.25, -0.2) is 12.7 Å². The lowest BCUT2D eigenvalue weighted by molar-refractivity contribution is -0.123. The Morgan fingerprint density at radius 3 is 2.30 bits per heavy atom. The first-order chi connectivity index (χ1) is 10.9. The number of nitrogens with zero attached hydrogens (tertiary/aromatic N) is 1. The van der Waals surface area contributed by atoms with Crippen LogP contribution in [0.1, 0.15) is 16.5 Å². The van der Waals surface area contributed by atoms with Gasteiger partial charge in [0.1, 0.15) is 11.1 Å². The zero-order valence-electron chi connectivity index (χ0n) is 12.3. The van der Waals surface area contributed by atoms with Crippen LogP contribution in [-0.2, 0) is 14.8 Å². The Balaban J connectivity index is 2.02. The van der Waals surface area contributed by atoms with E-state index in [9.17, 15) is 18.3 Å². The lowest BCUT2D eigenvalue weighted by Crippen LogP contribution is -2.34. The first-order valence-electron chi connectivity index (χ1n) is 6.94. The maximum atomic E-state index is 12.8. The smallest absolute Gasteiger partial charge is 0.267 e. The van der Waals surface area contributed by atoms with Crippen molar-refractivity contribution >= 4 is 27.7 Å². The van der Waals surface area contributed by atoms with E-state index in [1.807, 2.05) is 6.92 Å². The monoisotopic (exact) mass is 349 g/mol. The molecule has 1 aliphatic heterocycles. The maximum absolute atomic E-state index is 12.8. The Morgan fingerprint density at radius 1 is 1.09 bits per heavy atom. The van der Waals surface area contributed by atoms with Crippen LogP contribution in [0.15, 0.2) is 53.4 Å². The van der Waals surface area contributed by atoms with Crippen LogP contribution in [0, 0.1) is 6.92 Å². The topological polar surface area (TPSA) is 74.7 Å². The summed E-state index contributed by atoms with van der Waals surface area (Å²) in [5, 5.41) is 8.76. The number of sulfonamides is 1. The van der Waals surface area contributed by atoms with Crippen molar-refractivity contribution in [3.8, 4) is 5.75 Å². The lowest BCUT2D eigenvalue weighted by atomic mass is 10.2. The fourth-order valence-electron chi connectivity index (χ4n) is 2.37. The average molecular weight is 349 g/mol. The SMILES string of the molecule is Cc1ccc(S(=O)(=O)N2C(=O)CSC2c2ccc(O)cc2)cc1. The summed E-state index contributed by atoms with van der Waals surface area (Å²) in [6.45, 7) is 1.87. The van der Waals surface area contributed by atoms with Crippen molar-refractivity contribution in [2.24, 2.45) is 0 Å². The normalized spacial score (nSPS) is 18.4. The molecule has 1 saturated heterocycles. The Kier molecular flexibility index (Phi) is 4.08. The number of aromatic hydroxyl groups is 1. The number of rotatable bonds is 3. The molecule has 0 saturated carbocycles. The molecule has 1 N–H and O–H groups in total. The highest BCUT2D eigenvalue weighted by atomic mass is 32.2. The second-order valence-corrected chi connectivity index (χ2v) is 8.15. The van der Waals surface area contributed by atoms with Gasteiger partial charge in [-0.3, -0.25) is 4.79 Å². The summed E-state index contributed by atoms with van der Waals surface area (Å²) in [6, 6.07) is 12.6. The minimum absolute atomic E-state index is 0.0935. The molecule has 1 unspecified atom stereocenters. The Hall–Kier alpha value is -1.99. The van der Waals surface area contributed by atoms with Crippen LogP contribution in [0.4, 0.5) is 0 Å². The molecule has 2 aromatic rings. The molecule has 1 amide bonds. The highest BCUT2D eigenvalue weighted by Crippen LogP contribution is 2.42. The van der Waals surface area contributed by atoms with E-state index in [0.717, 1.165) is 9.87 Å². The van der Waals surface area contributed by atoms with Crippen molar-refractivity contribution in [2.45, 2.75) is 17.2 Å². The maximum Gasteiger partial charge on any atom is 0.267 e. The van der Waals surface area contributed by atoms with Gasteiger partial charge in [0.2, 0.25) is 5.91 Å². The van der Waals surface area contributed by atoms with E-state index in [1.54, 1.807) is 24.3 Å². The first-order valence-corrected chi connectivity index (χ1v) is 9.43. The molecular weight excluding hydrogens is 334 g/mol. The van der Waals surface area contributed by atoms with Crippen molar-refractivity contribution in [3.63, 3.8) is 0 Å². The third-order valence-electron chi connectivity index (χ3n) is 3.58. The lowest BCUT2D eigenvalue weighted by Gasteiger charge is -2.24. The van der Waals surface area contributed by atoms with Gasteiger partial charge >= 0.3 is 0 Å². The van der Waals surface area contributed by atoms with Gasteiger partial charge in [0, 0.05) is 0 Å². The van der Waals surface area contributed by atoms with Gasteiger partial charge in [0.25, 0.3) is 10.0 Å². The molecule has 0 spiro atoms. The number of carbonyl (C=O) groups is 1. The zero-order valence-corrected chi connectivity index (χ0v) is 14.0. The average Bonchev–Trinajstić information content (AvgIpc) is 2.91. The van der Waals surface area contributed by atoms with Crippen molar-refractivity contribution in [3.05, 3.63) is 59.7 Å². The molecule has 0 aromatic heterocycles. The summed E-state index contributed by atoms with van der Waals surface area (Å²) < 4.78 is 26.6. The molecule has 0 bridgehead atoms. The van der Waals surface area contributed by atoms with Crippen LogP contribution in [-0.4, -0.2) is 29.5 Å². The van der Waals surface area contributed by atoms with Gasteiger partial charge in [-0.15, -0.1) is 11.8 Å². The summed E-state index contributed by atoms with van der Waals surface area (Å²) >= 11 is 1.26. The quantitative estimate of drug-likeness (QED) is 0.922. The van der Waals surface area contributed by atoms with E-state index in [-0.39, 0.29) is 16.4 Å². The van der Waals surface area contributed by atoms with Gasteiger partial charge in [-0.05, 0) is 36.8 Å². The van der Waals surface area contributed by atoms with Crippen LogP contribution in [0.3, 0.4) is 0 Å². The van der Waals surface area contributed by atoms with E-state index in [1.165, 1.54) is 36.0 Å². The number of phenols is 1. The van der Waals surface area contributed by atoms with Crippen LogP contribution < -0.4 is 0 Å². The minimum Gasteiger partial charge on any atom is -0.508 e. The molecule has 5 nitrogen and oxygen atoms in total. The number of thioether (sulfide) groups is 1. The minimum atomic E-state index is -3.91. The van der Waals surface area contributed by atoms with E-state index >= 15 is 0 Å². The Morgan fingerprint density at radius 2 is 1.70 bits per heavy atom. The molecule has 0 aliphatic carbocycles. The van der Waals surface area contributed by atoms with Gasteiger partial charge in [-0.2, -0.15) is 0 Å². The van der Waals surface area contributed by atoms with Gasteiger partial charge in [-0.1, -0.05) is 29.8 Å². The molecule has 2 aromatic carbocycles. The molecule has 3 rings (SSSR count). The highest BCUT2D eigenvalue weighted by molar-refractivity contribution is 8.02. The molecule has 1 atom stereocenters. The fourth-order valence-corrected chi connectivity index (χ4v) is 5.43. The van der Waals surface area contributed by atoms with Crippen LogP contribution in [0.2, 0.25) is 0 Å². The third-order valence-corrected chi connectivity index (χ3v) is 6.73. The van der Waals surface area contributed by atoms with Gasteiger partial charge in [0.05, 0.1) is 10.6 Å². The number of hydrogen-bond donors (Lipinski definition) is 1. The van der Waals surface area contributed by atoms with Crippen molar-refractivity contribution in [1.29, 1.82) is 0 Å². The predicted molar refractivity (Wildman–Crippen MR) is 88.5 cm³/mol. The summed E-state index contributed by atoms with van der Waals surface area (Å²) in [7, 11) is -3.91. The van der Waals surface area contributed by atoms with E-state index in [2.05, 4.69) is 0 Å². The summed E-state index contributed by atoms with van der Waals surface area (Å²) in [6.07, 6.45) is 0. The number of aryl methyl sites for hydroxylation is 1. The van der Waals surface area contributed by atoms with Crippen LogP contribution in [0.25, 0.3) is 0 Å². The van der Waals surface area contributed by atoms with Gasteiger partial charge < -0.3 is 5.11 Å². The fraction of sp³-hybridized carbons (Fsp3) is 0.188. The van der Waals surface area contributed by atoms with Crippen LogP contribution >= 0.6 is 11.8 Å². The number of hydrogen-bond acceptors (Lipinski definition) is 5. The summed E-state index contributed by atoms with van der Waals surface area (Å²) in [4.78, 5) is 12.3. The van der Waals surface area contributed by atoms with E-state index in [4.69, 9.17) is 0 Å². The molecule has 0 radical (unpaired) electrons. The number of carbonyl (C=O) groups excluding carboxylic acids is 1. The number of benzene rings is 2. The largest absolute Gasteiger partial charge is 0.508 e. The molecule has 1 heterocycles. The standard InChI is InChI=1S/C16H15NO4S2/c1-11-2-8-14(9-3-11)23(20,21)17-15(19)10-22-16(17)12-4-6-13(18)7-5-12/h2-9,16,18H,10H2,1H3. The zero-order chi connectivity index (χ0) is 16.6. The number of amides is 1. The summed E-state index contributed by atoms with van der Waals surface area (Å²) in [5.41, 5.74) is 1.61. The second-order valence-electron chi connectivity index (χ2n) is 5.26. The van der Waals surface area contributed by atoms with Crippen LogP contribution in [0.5, 0.6) is 5.75 Å². The molecule has 1 aliphatic rings. The van der Waals surface area contributed by atoms with E-state index in [0.29, 0.717) is 5.56 Å². The first kappa shape index (κ1) is 15.9. The second kappa shape index (κ2) is 5.90. The number of phenolic OH excluding ortho intramolecular Hbond substituents is 1. The van der Waals surface area contributed by atoms with Crippen molar-refractivity contribution in [1.82, 2.24) is 4.31 Å². The predicted octanol–water partition coefficient (Wildman–Crippen LogP) is 2.66. The summed E-state index contributed by atoms with van der Waals surface area (Å²) in [5.74, 6) is -0.235. The highest BCUT2D eigenvalue weighted by Gasteiger charge is 2.41. The molecular formula is C16H15NO4S2. The van der Waals surface area contributed by atoms with Crippen molar-refractivity contribution < 1.29 is 18.3 Å². The van der Waals surface area contributed by atoms with Crippen molar-refractivity contribution in [2.75, 3.05) is 5.75 Å². The Labute approximate surface area is 139 Å². The molecule has 23 heavy (non-hydrogen) atoms. The van der Waals surface area contributed by atoms with Gasteiger partial charge in [0.15, 0.2) is 0 Å². The van der Waals surface area contributed by atoms with E-state index < -0.39 is 21.3 Å². The molecule has 1 fully saturated rings. The molecule has 120 valence electrons. The third kappa shape index (κ3) is 2.94. The molecule has 7 heteroatoms. The Bertz CT molecular complexity index is 829.